The summed E-state index contributed by atoms with van der Waals surface area (Å²) < 4.78 is 51.7. The molecule has 14 heteroatoms. The minimum absolute atomic E-state index is 0.0448. The summed E-state index contributed by atoms with van der Waals surface area (Å²) in [5.41, 5.74) is 2.47. The van der Waals surface area contributed by atoms with Gasteiger partial charge in [0, 0.05) is 54.7 Å². The van der Waals surface area contributed by atoms with E-state index in [1.54, 1.807) is 12.1 Å². The van der Waals surface area contributed by atoms with Gasteiger partial charge in [-0.25, -0.2) is 4.39 Å². The van der Waals surface area contributed by atoms with Crippen LogP contribution in [0.5, 0.6) is 11.6 Å². The quantitative estimate of drug-likeness (QED) is 0.0557. The predicted molar refractivity (Wildman–Crippen MR) is 188 cm³/mol. The average molecular weight is 719 g/mol. The lowest BCUT2D eigenvalue weighted by Crippen LogP contribution is -2.35. The van der Waals surface area contributed by atoms with Crippen LogP contribution < -0.4 is 10.1 Å². The highest BCUT2D eigenvalue weighted by Crippen LogP contribution is 2.34. The molecule has 0 aliphatic heterocycles. The molecule has 1 amide bonds. The third kappa shape index (κ3) is 8.99. The standard InChI is InChI=1S/C38H37F3N4O7/c1-22(9-14-34(46)51-21-24-7-5-4-6-8-24)29-12-10-25(15-23(29)2)35(43-32-18-30-26(17-31(32)39)19-42-36(30)47)37(48)44(3)20-27-16-28(45(49)50)11-13-33(27)52-38(40)41/h4-8,10-13,15-19,22,35,38,42-43,47H,9,14,20-21H2,1-3H3/t22-,35?/m0/s1. The molecule has 1 aromatic heterocycles. The summed E-state index contributed by atoms with van der Waals surface area (Å²) in [6.07, 6.45) is 2.11. The Kier molecular flexibility index (Phi) is 11.7. The Hall–Kier alpha value is -6.05. The third-order valence-electron chi connectivity index (χ3n) is 8.74. The number of rotatable bonds is 15. The first kappa shape index (κ1) is 37.2. The normalized spacial score (nSPS) is 12.4. The number of H-pyrrole nitrogens is 1. The van der Waals surface area contributed by atoms with Crippen LogP contribution in [-0.2, 0) is 27.5 Å². The predicted octanol–water partition coefficient (Wildman–Crippen LogP) is 8.27. The Bertz CT molecular complexity index is 2070. The van der Waals surface area contributed by atoms with E-state index < -0.39 is 35.0 Å². The number of ether oxygens (including phenoxy) is 2. The van der Waals surface area contributed by atoms with Crippen LogP contribution in [0.4, 0.5) is 24.5 Å². The highest BCUT2D eigenvalue weighted by atomic mass is 19.3. The first-order valence-corrected chi connectivity index (χ1v) is 16.3. The number of carbonyl (C=O) groups excluding carboxylic acids is 2. The summed E-state index contributed by atoms with van der Waals surface area (Å²) >= 11 is 0. The van der Waals surface area contributed by atoms with E-state index in [2.05, 4.69) is 15.0 Å². The second-order valence-electron chi connectivity index (χ2n) is 12.5. The minimum atomic E-state index is -3.22. The number of nitrogens with one attached hydrogen (secondary N) is 2. The Morgan fingerprint density at radius 3 is 2.50 bits per heavy atom. The van der Waals surface area contributed by atoms with Crippen molar-refractivity contribution in [1.82, 2.24) is 9.88 Å². The van der Waals surface area contributed by atoms with Crippen LogP contribution in [0, 0.1) is 22.9 Å². The van der Waals surface area contributed by atoms with Crippen molar-refractivity contribution < 1.29 is 42.3 Å². The fourth-order valence-electron chi connectivity index (χ4n) is 5.99. The van der Waals surface area contributed by atoms with Crippen LogP contribution in [-0.4, -0.2) is 45.4 Å². The van der Waals surface area contributed by atoms with Gasteiger partial charge in [-0.15, -0.1) is 0 Å². The van der Waals surface area contributed by atoms with Gasteiger partial charge in [-0.1, -0.05) is 55.5 Å². The molecule has 0 spiro atoms. The maximum atomic E-state index is 15.4. The first-order valence-electron chi connectivity index (χ1n) is 16.3. The molecule has 4 aromatic carbocycles. The summed E-state index contributed by atoms with van der Waals surface area (Å²) in [6, 6.07) is 19.0. The number of nitro benzene ring substituents is 1. The fraction of sp³-hybridized carbons (Fsp3) is 0.263. The zero-order chi connectivity index (χ0) is 37.5. The molecule has 1 unspecified atom stereocenters. The molecule has 272 valence electrons. The van der Waals surface area contributed by atoms with Crippen LogP contribution >= 0.6 is 0 Å². The molecule has 0 radical (unpaired) electrons. The van der Waals surface area contributed by atoms with Crippen LogP contribution in [0.3, 0.4) is 0 Å². The number of non-ortho nitro benzene ring substituents is 1. The van der Waals surface area contributed by atoms with Crippen molar-refractivity contribution in [3.8, 4) is 11.6 Å². The molecular weight excluding hydrogens is 681 g/mol. The van der Waals surface area contributed by atoms with Gasteiger partial charge >= 0.3 is 12.6 Å². The second-order valence-corrected chi connectivity index (χ2v) is 12.5. The van der Waals surface area contributed by atoms with Gasteiger partial charge in [0.25, 0.3) is 5.69 Å². The Morgan fingerprint density at radius 2 is 1.81 bits per heavy atom. The number of aromatic amines is 1. The number of halogens is 3. The summed E-state index contributed by atoms with van der Waals surface area (Å²) in [5.74, 6) is -2.29. The lowest BCUT2D eigenvalue weighted by atomic mass is 9.90. The van der Waals surface area contributed by atoms with Crippen molar-refractivity contribution in [2.45, 2.75) is 58.4 Å². The molecule has 1 heterocycles. The number of anilines is 1. The molecule has 3 N–H and O–H groups in total. The molecule has 0 saturated heterocycles. The van der Waals surface area contributed by atoms with Gasteiger partial charge in [0.15, 0.2) is 5.88 Å². The molecule has 2 atom stereocenters. The highest BCUT2D eigenvalue weighted by molar-refractivity contribution is 5.92. The number of nitrogens with zero attached hydrogens (tertiary/aromatic N) is 2. The van der Waals surface area contributed by atoms with Crippen molar-refractivity contribution in [3.63, 3.8) is 0 Å². The zero-order valence-electron chi connectivity index (χ0n) is 28.6. The molecule has 5 aromatic rings. The minimum Gasteiger partial charge on any atom is -0.494 e. The number of amides is 1. The largest absolute Gasteiger partial charge is 0.494 e. The molecule has 52 heavy (non-hydrogen) atoms. The van der Waals surface area contributed by atoms with Crippen molar-refractivity contribution >= 4 is 34.0 Å². The number of aromatic nitrogens is 1. The number of hydrogen-bond donors (Lipinski definition) is 3. The van der Waals surface area contributed by atoms with Gasteiger partial charge in [0.2, 0.25) is 5.91 Å². The van der Waals surface area contributed by atoms with E-state index in [9.17, 15) is 33.6 Å². The van der Waals surface area contributed by atoms with Gasteiger partial charge < -0.3 is 29.8 Å². The number of nitro groups is 1. The molecular formula is C38H37F3N4O7. The lowest BCUT2D eigenvalue weighted by molar-refractivity contribution is -0.385. The topological polar surface area (TPSA) is 147 Å². The Morgan fingerprint density at radius 1 is 1.06 bits per heavy atom. The van der Waals surface area contributed by atoms with Gasteiger partial charge in [-0.3, -0.25) is 19.7 Å². The molecule has 0 aliphatic rings. The number of aryl methyl sites for hydroxylation is 1. The summed E-state index contributed by atoms with van der Waals surface area (Å²) in [6.45, 7) is 0.401. The smallest absolute Gasteiger partial charge is 0.387 e. The number of esters is 1. The summed E-state index contributed by atoms with van der Waals surface area (Å²) in [5, 5.41) is 25.3. The van der Waals surface area contributed by atoms with Crippen LogP contribution in [0.15, 0.2) is 85.1 Å². The second kappa shape index (κ2) is 16.3. The molecule has 0 saturated carbocycles. The highest BCUT2D eigenvalue weighted by Gasteiger charge is 2.28. The van der Waals surface area contributed by atoms with Gasteiger partial charge in [-0.05, 0) is 59.7 Å². The number of benzene rings is 4. The fourth-order valence-corrected chi connectivity index (χ4v) is 5.99. The van der Waals surface area contributed by atoms with Crippen molar-refractivity contribution in [3.05, 3.63) is 129 Å². The molecule has 0 bridgehead atoms. The summed E-state index contributed by atoms with van der Waals surface area (Å²) in [7, 11) is 1.37. The van der Waals surface area contributed by atoms with Gasteiger partial charge in [-0.2, -0.15) is 8.78 Å². The molecule has 0 fully saturated rings. The van der Waals surface area contributed by atoms with Gasteiger partial charge in [0.1, 0.15) is 24.2 Å². The number of fused-ring (bicyclic) bond motifs is 1. The SMILES string of the molecule is Cc1cc(C(Nc2cc3c(O)[nH]cc3cc2F)C(=O)N(C)Cc2cc([N+](=O)[O-])ccc2OC(F)F)ccc1[C@@H](C)CCC(=O)OCc1ccccc1. The van der Waals surface area contributed by atoms with Crippen LogP contribution in [0.1, 0.15) is 59.5 Å². The maximum Gasteiger partial charge on any atom is 0.387 e. The Labute approximate surface area is 297 Å². The monoisotopic (exact) mass is 718 g/mol. The number of aromatic hydroxyl groups is 1. The number of carbonyl (C=O) groups is 2. The van der Waals surface area contributed by atoms with Crippen molar-refractivity contribution in [1.29, 1.82) is 0 Å². The van der Waals surface area contributed by atoms with E-state index in [4.69, 9.17) is 4.74 Å². The van der Waals surface area contributed by atoms with Crippen molar-refractivity contribution in [2.75, 3.05) is 12.4 Å². The molecule has 0 aliphatic carbocycles. The zero-order valence-corrected chi connectivity index (χ0v) is 28.6. The number of alkyl halides is 2. The molecule has 5 rings (SSSR count). The lowest BCUT2D eigenvalue weighted by Gasteiger charge is -2.27. The van der Waals surface area contributed by atoms with Crippen molar-refractivity contribution in [2.24, 2.45) is 0 Å². The molecule has 11 nitrogen and oxygen atoms in total. The van der Waals surface area contributed by atoms with E-state index in [0.717, 1.165) is 39.8 Å². The Balaban J connectivity index is 1.40. The number of hydrogen-bond acceptors (Lipinski definition) is 8. The van der Waals surface area contributed by atoms with E-state index in [-0.39, 0.29) is 54.3 Å². The van der Waals surface area contributed by atoms with Gasteiger partial charge in [0.05, 0.1) is 10.6 Å². The van der Waals surface area contributed by atoms with E-state index in [1.165, 1.54) is 25.4 Å². The third-order valence-corrected chi connectivity index (χ3v) is 8.74. The first-order chi connectivity index (χ1) is 24.8. The van der Waals surface area contributed by atoms with E-state index in [0.29, 0.717) is 22.8 Å². The van der Waals surface area contributed by atoms with Crippen LogP contribution in [0.25, 0.3) is 10.8 Å². The maximum absolute atomic E-state index is 15.4. The summed E-state index contributed by atoms with van der Waals surface area (Å²) in [4.78, 5) is 41.2. The van der Waals surface area contributed by atoms with E-state index >= 15 is 4.39 Å². The average Bonchev–Trinajstić information content (AvgIpc) is 3.47. The van der Waals surface area contributed by atoms with Crippen LogP contribution in [0.2, 0.25) is 0 Å². The van der Waals surface area contributed by atoms with E-state index in [1.807, 2.05) is 50.2 Å². The number of likely N-dealkylation sites (N-methyl/N-ethyl adjacent to an activating group) is 1.